The summed E-state index contributed by atoms with van der Waals surface area (Å²) in [6.07, 6.45) is 5.36. The van der Waals surface area contributed by atoms with E-state index >= 15 is 0 Å². The van der Waals surface area contributed by atoms with Crippen LogP contribution in [0, 0.1) is 11.3 Å². The van der Waals surface area contributed by atoms with Gasteiger partial charge in [-0.3, -0.25) is 4.79 Å². The third-order valence-corrected chi connectivity index (χ3v) is 5.73. The summed E-state index contributed by atoms with van der Waals surface area (Å²) < 4.78 is 0. The van der Waals surface area contributed by atoms with Crippen LogP contribution in [0.1, 0.15) is 46.5 Å². The van der Waals surface area contributed by atoms with Crippen molar-refractivity contribution >= 4 is 34.7 Å². The molecule has 1 aliphatic rings. The first-order chi connectivity index (χ1) is 10.3. The van der Waals surface area contributed by atoms with Gasteiger partial charge in [-0.25, -0.2) is 0 Å². The Kier molecular flexibility index (Phi) is 5.57. The summed E-state index contributed by atoms with van der Waals surface area (Å²) in [6.45, 7) is 6.78. The van der Waals surface area contributed by atoms with Gasteiger partial charge >= 0.3 is 0 Å². The van der Waals surface area contributed by atoms with Crippen molar-refractivity contribution in [3.63, 3.8) is 0 Å². The standard InChI is InChI=1S/C18H23Cl2NO/c1-4-18(2,3)13-8-9-16(22)12(10-13)11-21-15-7-5-6-14(19)17(15)20/h5-7,11,13,21H,4,8-10H2,1-3H3/b12-11+/t13-/m1/s1. The number of hydrogen-bond donors (Lipinski definition) is 1. The molecule has 0 aromatic heterocycles. The number of anilines is 1. The predicted molar refractivity (Wildman–Crippen MR) is 94.6 cm³/mol. The van der Waals surface area contributed by atoms with E-state index in [1.54, 1.807) is 12.3 Å². The summed E-state index contributed by atoms with van der Waals surface area (Å²) in [5.41, 5.74) is 1.84. The van der Waals surface area contributed by atoms with Crippen molar-refractivity contribution in [2.45, 2.75) is 46.5 Å². The molecule has 1 saturated carbocycles. The van der Waals surface area contributed by atoms with Crippen LogP contribution in [0.4, 0.5) is 5.69 Å². The highest BCUT2D eigenvalue weighted by atomic mass is 35.5. The number of carbonyl (C=O) groups is 1. The molecular weight excluding hydrogens is 317 g/mol. The van der Waals surface area contributed by atoms with Crippen LogP contribution in [0.25, 0.3) is 0 Å². The van der Waals surface area contributed by atoms with Crippen molar-refractivity contribution in [1.82, 2.24) is 0 Å². The maximum absolute atomic E-state index is 12.2. The Morgan fingerprint density at radius 2 is 2.09 bits per heavy atom. The molecule has 2 rings (SSSR count). The number of rotatable bonds is 4. The average Bonchev–Trinajstić information content (AvgIpc) is 2.50. The van der Waals surface area contributed by atoms with E-state index in [1.807, 2.05) is 12.1 Å². The van der Waals surface area contributed by atoms with E-state index in [1.165, 1.54) is 0 Å². The molecule has 120 valence electrons. The second-order valence-corrected chi connectivity index (χ2v) is 7.41. The number of halogens is 2. The molecule has 1 N–H and O–H groups in total. The summed E-state index contributed by atoms with van der Waals surface area (Å²) in [6, 6.07) is 5.43. The Morgan fingerprint density at radius 3 is 2.77 bits per heavy atom. The molecule has 1 aliphatic carbocycles. The number of ketones is 1. The Morgan fingerprint density at radius 1 is 1.36 bits per heavy atom. The fourth-order valence-electron chi connectivity index (χ4n) is 2.82. The monoisotopic (exact) mass is 339 g/mol. The topological polar surface area (TPSA) is 29.1 Å². The van der Waals surface area contributed by atoms with Crippen molar-refractivity contribution in [3.8, 4) is 0 Å². The van der Waals surface area contributed by atoms with Crippen LogP contribution in [0.3, 0.4) is 0 Å². The van der Waals surface area contributed by atoms with Crippen LogP contribution < -0.4 is 5.32 Å². The normalized spacial score (nSPS) is 21.2. The van der Waals surface area contributed by atoms with Gasteiger partial charge in [0.2, 0.25) is 0 Å². The molecule has 1 fully saturated rings. The third-order valence-electron chi connectivity index (χ3n) is 4.91. The molecule has 1 aromatic carbocycles. The Balaban J connectivity index is 2.15. The summed E-state index contributed by atoms with van der Waals surface area (Å²) >= 11 is 12.2. The van der Waals surface area contributed by atoms with Crippen molar-refractivity contribution in [1.29, 1.82) is 0 Å². The first-order valence-electron chi connectivity index (χ1n) is 7.78. The molecule has 0 saturated heterocycles. The minimum Gasteiger partial charge on any atom is -0.360 e. The predicted octanol–water partition coefficient (Wildman–Crippen LogP) is 6.09. The van der Waals surface area contributed by atoms with Crippen LogP contribution in [0.5, 0.6) is 0 Å². The van der Waals surface area contributed by atoms with Crippen LogP contribution in [-0.4, -0.2) is 5.78 Å². The number of nitrogens with one attached hydrogen (secondary N) is 1. The molecule has 2 nitrogen and oxygen atoms in total. The van der Waals surface area contributed by atoms with E-state index in [4.69, 9.17) is 23.2 Å². The molecule has 1 aromatic rings. The van der Waals surface area contributed by atoms with Crippen LogP contribution in [0.15, 0.2) is 30.0 Å². The second-order valence-electron chi connectivity index (χ2n) is 6.62. The number of hydrogen-bond acceptors (Lipinski definition) is 2. The molecular formula is C18H23Cl2NO. The Hall–Kier alpha value is -0.990. The average molecular weight is 340 g/mol. The fraction of sp³-hybridized carbons (Fsp3) is 0.500. The van der Waals surface area contributed by atoms with Gasteiger partial charge < -0.3 is 5.32 Å². The number of carbonyl (C=O) groups excluding carboxylic acids is 1. The van der Waals surface area contributed by atoms with Gasteiger partial charge in [0.05, 0.1) is 15.7 Å². The molecule has 1 atom stereocenters. The van der Waals surface area contributed by atoms with Gasteiger partial charge in [0.25, 0.3) is 0 Å². The zero-order chi connectivity index (χ0) is 16.3. The molecule has 0 unspecified atom stereocenters. The summed E-state index contributed by atoms with van der Waals surface area (Å²) in [5.74, 6) is 0.770. The smallest absolute Gasteiger partial charge is 0.160 e. The van der Waals surface area contributed by atoms with E-state index in [0.29, 0.717) is 22.4 Å². The van der Waals surface area contributed by atoms with Gasteiger partial charge in [0.15, 0.2) is 5.78 Å². The van der Waals surface area contributed by atoms with Gasteiger partial charge in [0.1, 0.15) is 0 Å². The third kappa shape index (κ3) is 3.85. The van der Waals surface area contributed by atoms with Gasteiger partial charge in [-0.05, 0) is 36.3 Å². The zero-order valence-electron chi connectivity index (χ0n) is 13.4. The SMILES string of the molecule is CCC(C)(C)[C@@H]1CCC(=O)/C(=C/Nc2cccc(Cl)c2Cl)C1. The maximum atomic E-state index is 12.2. The lowest BCUT2D eigenvalue weighted by Gasteiger charge is -2.36. The van der Waals surface area contributed by atoms with Crippen molar-refractivity contribution in [2.24, 2.45) is 11.3 Å². The van der Waals surface area contributed by atoms with E-state index in [2.05, 4.69) is 26.1 Å². The number of Topliss-reactive ketones (excluding diaryl/α,β-unsaturated/α-hetero) is 1. The molecule has 0 amide bonds. The van der Waals surface area contributed by atoms with E-state index in [0.717, 1.165) is 30.5 Å². The molecule has 0 spiro atoms. The first-order valence-corrected chi connectivity index (χ1v) is 8.53. The summed E-state index contributed by atoms with van der Waals surface area (Å²) in [5, 5.41) is 4.13. The van der Waals surface area contributed by atoms with E-state index < -0.39 is 0 Å². The lowest BCUT2D eigenvalue weighted by Crippen LogP contribution is -2.29. The van der Waals surface area contributed by atoms with E-state index in [9.17, 15) is 4.79 Å². The fourth-order valence-corrected chi connectivity index (χ4v) is 3.18. The molecule has 0 heterocycles. The quantitative estimate of drug-likeness (QED) is 0.672. The van der Waals surface area contributed by atoms with Crippen molar-refractivity contribution in [2.75, 3.05) is 5.32 Å². The second kappa shape index (κ2) is 7.06. The minimum absolute atomic E-state index is 0.230. The van der Waals surface area contributed by atoms with Crippen molar-refractivity contribution < 1.29 is 4.79 Å². The van der Waals surface area contributed by atoms with Crippen LogP contribution in [-0.2, 0) is 4.79 Å². The Labute approximate surface area is 142 Å². The van der Waals surface area contributed by atoms with Crippen LogP contribution in [0.2, 0.25) is 10.0 Å². The van der Waals surface area contributed by atoms with Crippen LogP contribution >= 0.6 is 23.2 Å². The summed E-state index contributed by atoms with van der Waals surface area (Å²) in [7, 11) is 0. The van der Waals surface area contributed by atoms with Gasteiger partial charge in [0, 0.05) is 18.2 Å². The zero-order valence-corrected chi connectivity index (χ0v) is 14.9. The largest absolute Gasteiger partial charge is 0.360 e. The molecule has 0 radical (unpaired) electrons. The first kappa shape index (κ1) is 17.4. The van der Waals surface area contributed by atoms with Crippen molar-refractivity contribution in [3.05, 3.63) is 40.0 Å². The summed E-state index contributed by atoms with van der Waals surface area (Å²) in [4.78, 5) is 12.2. The Bertz CT molecular complexity index is 593. The number of benzene rings is 1. The highest BCUT2D eigenvalue weighted by Crippen LogP contribution is 2.41. The molecule has 22 heavy (non-hydrogen) atoms. The molecule has 4 heteroatoms. The van der Waals surface area contributed by atoms with E-state index in [-0.39, 0.29) is 11.2 Å². The number of allylic oxidation sites excluding steroid dienone is 1. The highest BCUT2D eigenvalue weighted by Gasteiger charge is 2.33. The van der Waals surface area contributed by atoms with Gasteiger partial charge in [-0.1, -0.05) is 56.5 Å². The lowest BCUT2D eigenvalue weighted by atomic mass is 9.68. The maximum Gasteiger partial charge on any atom is 0.160 e. The van der Waals surface area contributed by atoms with Gasteiger partial charge in [-0.15, -0.1) is 0 Å². The molecule has 0 bridgehead atoms. The minimum atomic E-state index is 0.230. The molecule has 0 aliphatic heterocycles. The highest BCUT2D eigenvalue weighted by molar-refractivity contribution is 6.43. The lowest BCUT2D eigenvalue weighted by molar-refractivity contribution is -0.117. The van der Waals surface area contributed by atoms with Gasteiger partial charge in [-0.2, -0.15) is 0 Å².